The quantitative estimate of drug-likeness (QED) is 0.663. The number of para-hydroxylation sites is 1. The number of nitrogens with zero attached hydrogens (tertiary/aromatic N) is 1. The third-order valence-corrected chi connectivity index (χ3v) is 2.30. The van der Waals surface area contributed by atoms with E-state index in [0.29, 0.717) is 0 Å². The van der Waals surface area contributed by atoms with Crippen LogP contribution < -0.4 is 11.3 Å². The summed E-state index contributed by atoms with van der Waals surface area (Å²) in [7, 11) is 0. The Labute approximate surface area is 88.4 Å². The largest absolute Gasteiger partial charge is 0.417 e. The van der Waals surface area contributed by atoms with Crippen molar-refractivity contribution in [2.45, 2.75) is 6.18 Å². The van der Waals surface area contributed by atoms with Crippen molar-refractivity contribution < 1.29 is 13.2 Å². The van der Waals surface area contributed by atoms with Gasteiger partial charge in [-0.2, -0.15) is 13.2 Å². The van der Waals surface area contributed by atoms with Gasteiger partial charge in [0.05, 0.1) is 11.1 Å². The maximum atomic E-state index is 12.7. The molecule has 2 rings (SSSR count). The van der Waals surface area contributed by atoms with E-state index in [-0.39, 0.29) is 16.4 Å². The number of hydrogen-bond acceptors (Lipinski definition) is 2. The third-order valence-electron chi connectivity index (χ3n) is 2.30. The molecule has 0 amide bonds. The molecule has 0 bridgehead atoms. The minimum atomic E-state index is -4.48. The molecule has 0 radical (unpaired) electrons. The number of pyridine rings is 1. The summed E-state index contributed by atoms with van der Waals surface area (Å²) in [5.41, 5.74) is -1.04. The zero-order valence-corrected chi connectivity index (χ0v) is 8.05. The number of alkyl halides is 3. The Balaban J connectivity index is 2.97. The van der Waals surface area contributed by atoms with Gasteiger partial charge in [-0.05, 0) is 12.1 Å². The van der Waals surface area contributed by atoms with E-state index in [1.54, 1.807) is 6.07 Å². The fourth-order valence-corrected chi connectivity index (χ4v) is 1.56. The second-order valence-corrected chi connectivity index (χ2v) is 3.33. The highest BCUT2D eigenvalue weighted by Gasteiger charge is 2.33. The van der Waals surface area contributed by atoms with Crippen LogP contribution in [0.5, 0.6) is 0 Å². The predicted molar refractivity (Wildman–Crippen MR) is 52.9 cm³/mol. The van der Waals surface area contributed by atoms with Crippen LogP contribution in [0.3, 0.4) is 0 Å². The molecule has 0 spiro atoms. The highest BCUT2D eigenvalue weighted by molar-refractivity contribution is 5.83. The smallest absolute Gasteiger partial charge is 0.337 e. The summed E-state index contributed by atoms with van der Waals surface area (Å²) in [6.45, 7) is 0. The Morgan fingerprint density at radius 1 is 1.19 bits per heavy atom. The van der Waals surface area contributed by atoms with E-state index < -0.39 is 11.7 Å². The second-order valence-electron chi connectivity index (χ2n) is 3.33. The van der Waals surface area contributed by atoms with Crippen LogP contribution in [0.2, 0.25) is 0 Å². The Morgan fingerprint density at radius 3 is 2.44 bits per heavy atom. The molecule has 3 N–H and O–H groups in total. The van der Waals surface area contributed by atoms with Crippen molar-refractivity contribution >= 4 is 10.9 Å². The average Bonchev–Trinajstić information content (AvgIpc) is 2.22. The summed E-state index contributed by atoms with van der Waals surface area (Å²) in [6.07, 6.45) is -4.48. The van der Waals surface area contributed by atoms with Crippen LogP contribution in [0.1, 0.15) is 5.56 Å². The van der Waals surface area contributed by atoms with Crippen LogP contribution in [0.15, 0.2) is 30.3 Å². The molecule has 0 saturated heterocycles. The van der Waals surface area contributed by atoms with Crippen molar-refractivity contribution in [2.75, 3.05) is 5.84 Å². The molecule has 1 aromatic carbocycles. The summed E-state index contributed by atoms with van der Waals surface area (Å²) < 4.78 is 39.0. The maximum absolute atomic E-state index is 12.7. The van der Waals surface area contributed by atoms with E-state index in [1.807, 2.05) is 0 Å². The van der Waals surface area contributed by atoms with Crippen molar-refractivity contribution in [2.24, 2.45) is 0 Å². The van der Waals surface area contributed by atoms with Gasteiger partial charge in [0.15, 0.2) is 0 Å². The first-order valence-electron chi connectivity index (χ1n) is 4.43. The predicted octanol–water partition coefficient (Wildman–Crippen LogP) is 1.85. The van der Waals surface area contributed by atoms with Gasteiger partial charge in [0, 0.05) is 5.39 Å². The molecule has 0 fully saturated rings. The topological polar surface area (TPSA) is 54.8 Å². The van der Waals surface area contributed by atoms with E-state index in [4.69, 9.17) is 11.3 Å². The summed E-state index contributed by atoms with van der Waals surface area (Å²) in [4.78, 5) is 0. The van der Waals surface area contributed by atoms with Crippen molar-refractivity contribution in [3.63, 3.8) is 0 Å². The van der Waals surface area contributed by atoms with Gasteiger partial charge in [-0.1, -0.05) is 18.2 Å². The van der Waals surface area contributed by atoms with Crippen LogP contribution in [-0.2, 0) is 6.18 Å². The number of halogens is 3. The lowest BCUT2D eigenvalue weighted by Crippen LogP contribution is -2.29. The number of benzene rings is 1. The number of fused-ring (bicyclic) bond motifs is 1. The van der Waals surface area contributed by atoms with Gasteiger partial charge in [-0.15, -0.1) is 0 Å². The Morgan fingerprint density at radius 2 is 1.81 bits per heavy atom. The fraction of sp³-hybridized carbons (Fsp3) is 0.100. The number of nitrogen functional groups attached to an aromatic ring is 1. The molecular weight excluding hydrogens is 219 g/mol. The monoisotopic (exact) mass is 227 g/mol. The van der Waals surface area contributed by atoms with Crippen molar-refractivity contribution in [3.8, 4) is 0 Å². The Hall–Kier alpha value is -1.98. The Kier molecular flexibility index (Phi) is 2.15. The molecule has 1 aromatic heterocycles. The highest BCUT2D eigenvalue weighted by atomic mass is 19.4. The molecule has 0 unspecified atom stereocenters. The molecule has 2 aromatic rings. The van der Waals surface area contributed by atoms with E-state index >= 15 is 0 Å². The van der Waals surface area contributed by atoms with Gasteiger partial charge in [-0.3, -0.25) is 5.41 Å². The molecule has 0 aliphatic carbocycles. The Bertz CT molecular complexity index is 598. The lowest BCUT2D eigenvalue weighted by atomic mass is 10.1. The van der Waals surface area contributed by atoms with Gasteiger partial charge in [0.1, 0.15) is 5.49 Å². The molecule has 0 atom stereocenters. The van der Waals surface area contributed by atoms with Crippen LogP contribution >= 0.6 is 0 Å². The molecule has 3 nitrogen and oxygen atoms in total. The normalized spacial score (nSPS) is 11.9. The number of aromatic nitrogens is 1. The summed E-state index contributed by atoms with van der Waals surface area (Å²) in [5, 5.41) is 7.35. The van der Waals surface area contributed by atoms with Crippen molar-refractivity contribution in [1.29, 1.82) is 5.41 Å². The number of nitrogens with two attached hydrogens (primary N) is 1. The summed E-state index contributed by atoms with van der Waals surface area (Å²) >= 11 is 0. The molecule has 6 heteroatoms. The van der Waals surface area contributed by atoms with Crippen molar-refractivity contribution in [1.82, 2.24) is 4.68 Å². The van der Waals surface area contributed by atoms with Gasteiger partial charge in [0.2, 0.25) is 0 Å². The van der Waals surface area contributed by atoms with Gasteiger partial charge in [0.25, 0.3) is 0 Å². The van der Waals surface area contributed by atoms with E-state index in [1.165, 1.54) is 18.2 Å². The molecule has 16 heavy (non-hydrogen) atoms. The van der Waals surface area contributed by atoms with Gasteiger partial charge < -0.3 is 5.84 Å². The second kappa shape index (κ2) is 3.26. The minimum Gasteiger partial charge on any atom is -0.337 e. The maximum Gasteiger partial charge on any atom is 0.417 e. The lowest BCUT2D eigenvalue weighted by Gasteiger charge is -2.12. The van der Waals surface area contributed by atoms with Crippen molar-refractivity contribution in [3.05, 3.63) is 41.4 Å². The van der Waals surface area contributed by atoms with Crippen LogP contribution in [0.4, 0.5) is 13.2 Å². The van der Waals surface area contributed by atoms with Gasteiger partial charge >= 0.3 is 6.18 Å². The number of hydrogen-bond donors (Lipinski definition) is 2. The van der Waals surface area contributed by atoms with E-state index in [0.717, 1.165) is 10.7 Å². The molecule has 0 aliphatic rings. The molecular formula is C10H8F3N3. The number of rotatable bonds is 0. The first-order chi connectivity index (χ1) is 7.41. The van der Waals surface area contributed by atoms with Crippen LogP contribution in [0, 0.1) is 5.41 Å². The first-order valence-corrected chi connectivity index (χ1v) is 4.43. The lowest BCUT2D eigenvalue weighted by molar-refractivity contribution is -0.136. The van der Waals surface area contributed by atoms with E-state index in [2.05, 4.69) is 0 Å². The van der Waals surface area contributed by atoms with Gasteiger partial charge in [-0.25, -0.2) is 4.68 Å². The zero-order valence-electron chi connectivity index (χ0n) is 8.05. The minimum absolute atomic E-state index is 0.00602. The first kappa shape index (κ1) is 10.5. The highest BCUT2D eigenvalue weighted by Crippen LogP contribution is 2.33. The van der Waals surface area contributed by atoms with E-state index in [9.17, 15) is 13.2 Å². The summed E-state index contributed by atoms with van der Waals surface area (Å²) in [6, 6.07) is 6.58. The third kappa shape index (κ3) is 1.52. The van der Waals surface area contributed by atoms with Crippen LogP contribution in [-0.4, -0.2) is 4.68 Å². The summed E-state index contributed by atoms with van der Waals surface area (Å²) in [5.74, 6) is 5.49. The molecule has 0 aliphatic heterocycles. The average molecular weight is 227 g/mol. The molecule has 1 heterocycles. The zero-order chi connectivity index (χ0) is 11.9. The molecule has 84 valence electrons. The van der Waals surface area contributed by atoms with Crippen LogP contribution in [0.25, 0.3) is 10.9 Å². The number of nitrogens with one attached hydrogen (secondary N) is 1. The molecule has 0 saturated carbocycles. The SMILES string of the molecule is N=c1cc(C(F)(F)F)c2ccccc2n1N. The standard InChI is InChI=1S/C10H8F3N3/c11-10(12,13)7-5-9(14)16(15)8-4-2-1-3-6(7)8/h1-5,14H,15H2. The fourth-order valence-electron chi connectivity index (χ4n) is 1.56.